The van der Waals surface area contributed by atoms with Crippen molar-refractivity contribution in [2.24, 2.45) is 4.99 Å². The van der Waals surface area contributed by atoms with E-state index in [1.165, 1.54) is 0 Å². The lowest BCUT2D eigenvalue weighted by Crippen LogP contribution is -2.39. The number of aliphatic imine (C=N–C) groups is 1. The molecule has 0 amide bonds. The Balaban J connectivity index is 2.68. The van der Waals surface area contributed by atoms with Gasteiger partial charge in [-0.3, -0.25) is 4.99 Å². The van der Waals surface area contributed by atoms with E-state index in [4.69, 9.17) is 9.73 Å². The Morgan fingerprint density at radius 3 is 2.73 bits per heavy atom. The molecule has 22 heavy (non-hydrogen) atoms. The third kappa shape index (κ3) is 6.31. The van der Waals surface area contributed by atoms with Gasteiger partial charge in [0.1, 0.15) is 6.10 Å². The Kier molecular flexibility index (Phi) is 9.00. The zero-order valence-corrected chi connectivity index (χ0v) is 14.1. The fourth-order valence-corrected chi connectivity index (χ4v) is 2.20. The normalized spacial score (nSPS) is 12.8. The van der Waals surface area contributed by atoms with Crippen LogP contribution < -0.4 is 5.32 Å². The van der Waals surface area contributed by atoms with Crippen molar-refractivity contribution in [3.05, 3.63) is 48.6 Å². The molecule has 0 radical (unpaired) electrons. The van der Waals surface area contributed by atoms with Crippen LogP contribution in [0.3, 0.4) is 0 Å². The molecule has 0 aromatic heterocycles. The fourth-order valence-electron chi connectivity index (χ4n) is 2.20. The van der Waals surface area contributed by atoms with Gasteiger partial charge in [0.15, 0.2) is 5.96 Å². The van der Waals surface area contributed by atoms with Crippen LogP contribution in [0, 0.1) is 0 Å². The largest absolute Gasteiger partial charge is 0.375 e. The number of hydrogen-bond acceptors (Lipinski definition) is 2. The van der Waals surface area contributed by atoms with Gasteiger partial charge in [0.05, 0.1) is 6.54 Å². The number of rotatable bonds is 9. The van der Waals surface area contributed by atoms with Crippen molar-refractivity contribution in [3.63, 3.8) is 0 Å². The molecular weight excluding hydrogens is 274 g/mol. The van der Waals surface area contributed by atoms with E-state index < -0.39 is 0 Å². The highest BCUT2D eigenvalue weighted by Crippen LogP contribution is 2.16. The van der Waals surface area contributed by atoms with Gasteiger partial charge >= 0.3 is 0 Å². The molecule has 1 unspecified atom stereocenters. The Labute approximate surface area is 134 Å². The molecule has 1 aromatic carbocycles. The number of methoxy groups -OCH3 is 1. The van der Waals surface area contributed by atoms with Crippen molar-refractivity contribution in [3.8, 4) is 0 Å². The maximum atomic E-state index is 5.58. The molecule has 4 heteroatoms. The molecule has 0 aliphatic carbocycles. The van der Waals surface area contributed by atoms with Gasteiger partial charge in [-0.25, -0.2) is 0 Å². The second kappa shape index (κ2) is 10.9. The number of benzene rings is 1. The molecule has 0 saturated heterocycles. The minimum Gasteiger partial charge on any atom is -0.375 e. The quantitative estimate of drug-likeness (QED) is 0.329. The summed E-state index contributed by atoms with van der Waals surface area (Å²) < 4.78 is 5.58. The first-order chi connectivity index (χ1) is 10.7. The van der Waals surface area contributed by atoms with Crippen LogP contribution in [-0.4, -0.2) is 44.7 Å². The molecule has 0 saturated carbocycles. The molecule has 1 N–H and O–H groups in total. The van der Waals surface area contributed by atoms with E-state index in [9.17, 15) is 0 Å². The number of guanidine groups is 1. The van der Waals surface area contributed by atoms with Crippen molar-refractivity contribution in [1.29, 1.82) is 0 Å². The van der Waals surface area contributed by atoms with Gasteiger partial charge in [0.2, 0.25) is 0 Å². The molecule has 0 fully saturated rings. The summed E-state index contributed by atoms with van der Waals surface area (Å²) in [6.45, 7) is 8.26. The Morgan fingerprint density at radius 1 is 1.41 bits per heavy atom. The second-order valence-electron chi connectivity index (χ2n) is 5.18. The third-order valence-corrected chi connectivity index (χ3v) is 3.46. The maximum Gasteiger partial charge on any atom is 0.193 e. The Hall–Kier alpha value is -1.81. The molecule has 1 atom stereocenters. The van der Waals surface area contributed by atoms with E-state index in [2.05, 4.69) is 42.9 Å². The summed E-state index contributed by atoms with van der Waals surface area (Å²) in [6.07, 6.45) is 4.04. The zero-order chi connectivity index (χ0) is 16.2. The van der Waals surface area contributed by atoms with E-state index in [-0.39, 0.29) is 6.10 Å². The number of unbranched alkanes of at least 4 members (excludes halogenated alkanes) is 1. The number of nitrogens with one attached hydrogen (secondary N) is 1. The first-order valence-electron chi connectivity index (χ1n) is 7.91. The highest BCUT2D eigenvalue weighted by atomic mass is 16.5. The van der Waals surface area contributed by atoms with Crippen LogP contribution in [0.4, 0.5) is 0 Å². The van der Waals surface area contributed by atoms with Gasteiger partial charge in [-0.05, 0) is 25.3 Å². The molecule has 0 heterocycles. The summed E-state index contributed by atoms with van der Waals surface area (Å²) in [6, 6.07) is 10.2. The van der Waals surface area contributed by atoms with Crippen LogP contribution in [0.15, 0.2) is 48.0 Å². The predicted octanol–water partition coefficient (Wildman–Crippen LogP) is 3.24. The van der Waals surface area contributed by atoms with Crippen LogP contribution in [0.1, 0.15) is 31.4 Å². The molecule has 0 spiro atoms. The van der Waals surface area contributed by atoms with Crippen LogP contribution in [0.2, 0.25) is 0 Å². The van der Waals surface area contributed by atoms with Crippen LogP contribution in [0.25, 0.3) is 0 Å². The van der Waals surface area contributed by atoms with Gasteiger partial charge in [0.25, 0.3) is 0 Å². The molecular formula is C18H29N3O. The summed E-state index contributed by atoms with van der Waals surface area (Å²) in [7, 11) is 3.79. The summed E-state index contributed by atoms with van der Waals surface area (Å²) in [5.41, 5.74) is 1.15. The first-order valence-corrected chi connectivity index (χ1v) is 7.91. The topological polar surface area (TPSA) is 36.9 Å². The van der Waals surface area contributed by atoms with Gasteiger partial charge < -0.3 is 15.0 Å². The lowest BCUT2D eigenvalue weighted by molar-refractivity contribution is 0.110. The van der Waals surface area contributed by atoms with Crippen LogP contribution in [0.5, 0.6) is 0 Å². The van der Waals surface area contributed by atoms with Gasteiger partial charge in [0, 0.05) is 27.2 Å². The first kappa shape index (κ1) is 18.2. The van der Waals surface area contributed by atoms with E-state index in [1.54, 1.807) is 7.11 Å². The summed E-state index contributed by atoms with van der Waals surface area (Å²) >= 11 is 0. The van der Waals surface area contributed by atoms with Crippen LogP contribution >= 0.6 is 0 Å². The van der Waals surface area contributed by atoms with Crippen molar-refractivity contribution < 1.29 is 4.74 Å². The number of nitrogens with zero attached hydrogens (tertiary/aromatic N) is 2. The van der Waals surface area contributed by atoms with Crippen molar-refractivity contribution in [1.82, 2.24) is 10.2 Å². The maximum absolute atomic E-state index is 5.58. The highest BCUT2D eigenvalue weighted by molar-refractivity contribution is 5.79. The minimum atomic E-state index is -0.0172. The third-order valence-electron chi connectivity index (χ3n) is 3.46. The molecule has 0 aliphatic heterocycles. The van der Waals surface area contributed by atoms with Crippen molar-refractivity contribution in [2.75, 3.05) is 33.8 Å². The van der Waals surface area contributed by atoms with E-state index in [1.807, 2.05) is 24.3 Å². The predicted molar refractivity (Wildman–Crippen MR) is 94.2 cm³/mol. The average Bonchev–Trinajstić information content (AvgIpc) is 2.55. The summed E-state index contributed by atoms with van der Waals surface area (Å²) in [5.74, 6) is 0.921. The summed E-state index contributed by atoms with van der Waals surface area (Å²) in [5, 5.41) is 3.33. The lowest BCUT2D eigenvalue weighted by atomic mass is 10.1. The lowest BCUT2D eigenvalue weighted by Gasteiger charge is -2.23. The van der Waals surface area contributed by atoms with E-state index in [0.717, 1.165) is 37.5 Å². The standard InChI is InChI=1S/C18H29N3O/c1-5-7-11-14-21(3)18(19-6-2)20-15-17(22-4)16-12-9-8-10-13-16/h5,8-10,12-13,17H,1,6-7,11,14-15H2,2-4H3,(H,19,20). The van der Waals surface area contributed by atoms with E-state index in [0.29, 0.717) is 6.54 Å². The Bertz CT molecular complexity index is 445. The molecule has 4 nitrogen and oxygen atoms in total. The molecule has 0 aliphatic rings. The van der Waals surface area contributed by atoms with Crippen molar-refractivity contribution in [2.45, 2.75) is 25.9 Å². The average molecular weight is 303 g/mol. The SMILES string of the molecule is C=CCCCN(C)C(=NCC(OC)c1ccccc1)NCC. The molecule has 1 rings (SSSR count). The van der Waals surface area contributed by atoms with Gasteiger partial charge in [-0.2, -0.15) is 0 Å². The van der Waals surface area contributed by atoms with E-state index >= 15 is 0 Å². The Morgan fingerprint density at radius 2 is 2.14 bits per heavy atom. The minimum absolute atomic E-state index is 0.0172. The second-order valence-corrected chi connectivity index (χ2v) is 5.18. The fraction of sp³-hybridized carbons (Fsp3) is 0.500. The van der Waals surface area contributed by atoms with Gasteiger partial charge in [-0.15, -0.1) is 6.58 Å². The molecule has 122 valence electrons. The number of ether oxygens (including phenoxy) is 1. The zero-order valence-electron chi connectivity index (χ0n) is 14.1. The monoisotopic (exact) mass is 303 g/mol. The number of hydrogen-bond donors (Lipinski definition) is 1. The number of allylic oxidation sites excluding steroid dienone is 1. The van der Waals surface area contributed by atoms with Gasteiger partial charge in [-0.1, -0.05) is 36.4 Å². The highest BCUT2D eigenvalue weighted by Gasteiger charge is 2.11. The summed E-state index contributed by atoms with van der Waals surface area (Å²) in [4.78, 5) is 6.88. The van der Waals surface area contributed by atoms with Crippen LogP contribution in [-0.2, 0) is 4.74 Å². The molecule has 0 bridgehead atoms. The molecule has 1 aromatic rings. The smallest absolute Gasteiger partial charge is 0.193 e. The van der Waals surface area contributed by atoms with Crippen molar-refractivity contribution >= 4 is 5.96 Å².